The molecule has 3 heteroatoms. The molecule has 0 bridgehead atoms. The first-order valence-electron chi connectivity index (χ1n) is 6.84. The van der Waals surface area contributed by atoms with Gasteiger partial charge in [0, 0.05) is 20.7 Å². The molecule has 1 aromatic carbocycles. The molecule has 1 nitrogen and oxygen atoms in total. The lowest BCUT2D eigenvalue weighted by Crippen LogP contribution is -2.12. The first-order valence-corrected chi connectivity index (χ1v) is 8.51. The highest BCUT2D eigenvalue weighted by Crippen LogP contribution is 2.37. The fourth-order valence-electron chi connectivity index (χ4n) is 2.41. The number of hydrogen-bond donors (Lipinski definition) is 1. The molecule has 0 spiro atoms. The van der Waals surface area contributed by atoms with Gasteiger partial charge in [0.1, 0.15) is 0 Å². The summed E-state index contributed by atoms with van der Waals surface area (Å²) in [6.45, 7) is 2.19. The molecular formula is C15H22BrNS. The van der Waals surface area contributed by atoms with Crippen molar-refractivity contribution in [3.63, 3.8) is 0 Å². The van der Waals surface area contributed by atoms with Crippen LogP contribution in [0.25, 0.3) is 0 Å². The van der Waals surface area contributed by atoms with Gasteiger partial charge < -0.3 is 5.32 Å². The van der Waals surface area contributed by atoms with Gasteiger partial charge in [-0.1, -0.05) is 25.3 Å². The Morgan fingerprint density at radius 1 is 1.28 bits per heavy atom. The predicted molar refractivity (Wildman–Crippen MR) is 84.3 cm³/mol. The number of benzene rings is 1. The van der Waals surface area contributed by atoms with Crippen LogP contribution >= 0.6 is 27.7 Å². The van der Waals surface area contributed by atoms with Crippen LogP contribution in [0.4, 0.5) is 0 Å². The Kier molecular flexibility index (Phi) is 5.58. The van der Waals surface area contributed by atoms with Gasteiger partial charge in [0.05, 0.1) is 0 Å². The molecule has 100 valence electrons. The molecule has 1 unspecified atom stereocenters. The van der Waals surface area contributed by atoms with E-state index in [1.807, 2.05) is 7.05 Å². The molecule has 0 aromatic heterocycles. The Morgan fingerprint density at radius 2 is 2.00 bits per heavy atom. The van der Waals surface area contributed by atoms with E-state index in [9.17, 15) is 0 Å². The maximum Gasteiger partial charge on any atom is 0.0314 e. The topological polar surface area (TPSA) is 12.0 Å². The molecule has 0 saturated heterocycles. The zero-order valence-electron chi connectivity index (χ0n) is 11.2. The van der Waals surface area contributed by atoms with Crippen LogP contribution in [0.3, 0.4) is 0 Å². The standard InChI is InChI=1S/C15H22BrNS/c1-11(17-2)12-8-9-15(14(16)10-12)18-13-6-4-3-5-7-13/h8-11,13,17H,3-7H2,1-2H3. The molecule has 1 aliphatic rings. The molecule has 1 aromatic rings. The highest BCUT2D eigenvalue weighted by molar-refractivity contribution is 9.10. The summed E-state index contributed by atoms with van der Waals surface area (Å²) < 4.78 is 1.25. The van der Waals surface area contributed by atoms with Gasteiger partial charge in [-0.15, -0.1) is 11.8 Å². The van der Waals surface area contributed by atoms with Crippen molar-refractivity contribution in [1.29, 1.82) is 0 Å². The second kappa shape index (κ2) is 6.97. The van der Waals surface area contributed by atoms with Crippen LogP contribution in [0.15, 0.2) is 27.6 Å². The van der Waals surface area contributed by atoms with E-state index in [0.717, 1.165) is 5.25 Å². The minimum absolute atomic E-state index is 0.412. The monoisotopic (exact) mass is 327 g/mol. The summed E-state index contributed by atoms with van der Waals surface area (Å²) in [5.41, 5.74) is 1.34. The third kappa shape index (κ3) is 3.75. The molecule has 1 fully saturated rings. The minimum atomic E-state index is 0.412. The van der Waals surface area contributed by atoms with Crippen molar-refractivity contribution in [2.24, 2.45) is 0 Å². The van der Waals surface area contributed by atoms with Gasteiger partial charge in [0.2, 0.25) is 0 Å². The van der Waals surface area contributed by atoms with Gasteiger partial charge in [-0.05, 0) is 60.4 Å². The third-order valence-electron chi connectivity index (χ3n) is 3.73. The van der Waals surface area contributed by atoms with Crippen molar-refractivity contribution in [2.75, 3.05) is 7.05 Å². The molecular weight excluding hydrogens is 306 g/mol. The molecule has 1 atom stereocenters. The lowest BCUT2D eigenvalue weighted by Gasteiger charge is -2.22. The highest BCUT2D eigenvalue weighted by Gasteiger charge is 2.16. The summed E-state index contributed by atoms with van der Waals surface area (Å²) in [6, 6.07) is 7.19. The lowest BCUT2D eigenvalue weighted by molar-refractivity contribution is 0.516. The van der Waals surface area contributed by atoms with Gasteiger partial charge in [0.25, 0.3) is 0 Å². The Morgan fingerprint density at radius 3 is 2.61 bits per heavy atom. The predicted octanol–water partition coefficient (Wildman–Crippen LogP) is 5.15. The van der Waals surface area contributed by atoms with E-state index >= 15 is 0 Å². The average molecular weight is 328 g/mol. The molecule has 0 amide bonds. The van der Waals surface area contributed by atoms with Crippen molar-refractivity contribution < 1.29 is 0 Å². The Bertz CT molecular complexity index is 388. The number of hydrogen-bond acceptors (Lipinski definition) is 2. The van der Waals surface area contributed by atoms with Gasteiger partial charge in [-0.3, -0.25) is 0 Å². The van der Waals surface area contributed by atoms with E-state index in [-0.39, 0.29) is 0 Å². The first kappa shape index (κ1) is 14.4. The van der Waals surface area contributed by atoms with Crippen LogP contribution in [0.1, 0.15) is 50.6 Å². The summed E-state index contributed by atoms with van der Waals surface area (Å²) in [4.78, 5) is 1.40. The largest absolute Gasteiger partial charge is 0.313 e. The van der Waals surface area contributed by atoms with Gasteiger partial charge in [-0.25, -0.2) is 0 Å². The maximum atomic E-state index is 3.72. The molecule has 0 radical (unpaired) electrons. The van der Waals surface area contributed by atoms with Crippen LogP contribution < -0.4 is 5.32 Å². The van der Waals surface area contributed by atoms with Crippen LogP contribution in [0, 0.1) is 0 Å². The van der Waals surface area contributed by atoms with E-state index in [0.29, 0.717) is 6.04 Å². The second-order valence-electron chi connectivity index (χ2n) is 5.08. The minimum Gasteiger partial charge on any atom is -0.313 e. The Hall–Kier alpha value is 0.01000. The van der Waals surface area contributed by atoms with E-state index < -0.39 is 0 Å². The van der Waals surface area contributed by atoms with Crippen molar-refractivity contribution >= 4 is 27.7 Å². The molecule has 1 aliphatic carbocycles. The quantitative estimate of drug-likeness (QED) is 0.820. The molecule has 0 heterocycles. The Labute approximate surface area is 123 Å². The van der Waals surface area contributed by atoms with Crippen LogP contribution in [0.2, 0.25) is 0 Å². The number of nitrogens with one attached hydrogen (secondary N) is 1. The van der Waals surface area contributed by atoms with Crippen LogP contribution in [0.5, 0.6) is 0 Å². The van der Waals surface area contributed by atoms with Gasteiger partial charge >= 0.3 is 0 Å². The average Bonchev–Trinajstić information content (AvgIpc) is 2.41. The maximum absolute atomic E-state index is 3.72. The highest BCUT2D eigenvalue weighted by atomic mass is 79.9. The lowest BCUT2D eigenvalue weighted by atomic mass is 10.0. The van der Waals surface area contributed by atoms with Crippen molar-refractivity contribution in [1.82, 2.24) is 5.32 Å². The fourth-order valence-corrected chi connectivity index (χ4v) is 4.33. The summed E-state index contributed by atoms with van der Waals surface area (Å²) in [6.07, 6.45) is 7.00. The zero-order chi connectivity index (χ0) is 13.0. The molecule has 1 N–H and O–H groups in total. The molecule has 0 aliphatic heterocycles. The summed E-state index contributed by atoms with van der Waals surface area (Å²) in [5.74, 6) is 0. The smallest absolute Gasteiger partial charge is 0.0314 e. The molecule has 18 heavy (non-hydrogen) atoms. The molecule has 2 rings (SSSR count). The molecule has 1 saturated carbocycles. The van der Waals surface area contributed by atoms with Crippen molar-refractivity contribution in [3.8, 4) is 0 Å². The third-order valence-corrected chi connectivity index (χ3v) is 6.07. The van der Waals surface area contributed by atoms with Crippen molar-refractivity contribution in [2.45, 2.75) is 55.2 Å². The first-order chi connectivity index (χ1) is 8.70. The number of halogens is 1. The zero-order valence-corrected chi connectivity index (χ0v) is 13.6. The van der Waals surface area contributed by atoms with Crippen LogP contribution in [-0.2, 0) is 0 Å². The number of thioether (sulfide) groups is 1. The van der Waals surface area contributed by atoms with Crippen LogP contribution in [-0.4, -0.2) is 12.3 Å². The number of rotatable bonds is 4. The van der Waals surface area contributed by atoms with E-state index in [1.54, 1.807) is 0 Å². The summed E-state index contributed by atoms with van der Waals surface area (Å²) >= 11 is 5.77. The van der Waals surface area contributed by atoms with E-state index in [2.05, 4.69) is 58.1 Å². The van der Waals surface area contributed by atoms with Gasteiger partial charge in [-0.2, -0.15) is 0 Å². The van der Waals surface area contributed by atoms with Gasteiger partial charge in [0.15, 0.2) is 0 Å². The summed E-state index contributed by atoms with van der Waals surface area (Å²) in [5, 5.41) is 4.10. The fraction of sp³-hybridized carbons (Fsp3) is 0.600. The SMILES string of the molecule is CNC(C)c1ccc(SC2CCCCC2)c(Br)c1. The summed E-state index contributed by atoms with van der Waals surface area (Å²) in [7, 11) is 2.00. The second-order valence-corrected chi connectivity index (χ2v) is 7.27. The Balaban J connectivity index is 2.04. The van der Waals surface area contributed by atoms with E-state index in [4.69, 9.17) is 0 Å². The van der Waals surface area contributed by atoms with E-state index in [1.165, 1.54) is 47.0 Å². The van der Waals surface area contributed by atoms with Crippen molar-refractivity contribution in [3.05, 3.63) is 28.2 Å². The normalized spacial score (nSPS) is 18.8.